The average Bonchev–Trinajstić information content (AvgIpc) is 3.22. The lowest BCUT2D eigenvalue weighted by molar-refractivity contribution is 0.565. The molecule has 2 aromatic heterocycles. The molecular formula is C13H12N6S. The van der Waals surface area contributed by atoms with Crippen LogP contribution < -0.4 is 5.73 Å². The lowest BCUT2D eigenvalue weighted by atomic mass is 10.1. The normalized spacial score (nSPS) is 14.8. The zero-order valence-electron chi connectivity index (χ0n) is 10.6. The summed E-state index contributed by atoms with van der Waals surface area (Å²) in [6.45, 7) is 0. The summed E-state index contributed by atoms with van der Waals surface area (Å²) in [7, 11) is 0. The number of rotatable bonds is 3. The molecule has 0 radical (unpaired) electrons. The number of tetrazole rings is 1. The number of nitrogens with two attached hydrogens (primary N) is 1. The smallest absolute Gasteiger partial charge is 0.214 e. The Labute approximate surface area is 119 Å². The van der Waals surface area contributed by atoms with E-state index in [-0.39, 0.29) is 0 Å². The number of pyridine rings is 1. The number of nitrogen functional groups attached to an aromatic ring is 1. The molecular weight excluding hydrogens is 272 g/mol. The quantitative estimate of drug-likeness (QED) is 0.743. The molecule has 0 amide bonds. The van der Waals surface area contributed by atoms with Gasteiger partial charge in [0, 0.05) is 28.1 Å². The van der Waals surface area contributed by atoms with E-state index in [1.165, 1.54) is 11.8 Å². The summed E-state index contributed by atoms with van der Waals surface area (Å²) in [6.07, 6.45) is 5.87. The van der Waals surface area contributed by atoms with E-state index >= 15 is 0 Å². The SMILES string of the molecule is Nc1c(Sc2nnnn2C2CC2)ccc2cnccc12. The van der Waals surface area contributed by atoms with Crippen LogP contribution in [-0.2, 0) is 0 Å². The van der Waals surface area contributed by atoms with Crippen LogP contribution in [0.1, 0.15) is 18.9 Å². The number of hydrogen-bond acceptors (Lipinski definition) is 6. The van der Waals surface area contributed by atoms with E-state index in [2.05, 4.69) is 20.5 Å². The molecule has 1 fully saturated rings. The molecule has 0 atom stereocenters. The monoisotopic (exact) mass is 284 g/mol. The second kappa shape index (κ2) is 4.45. The highest BCUT2D eigenvalue weighted by Gasteiger charge is 2.28. The number of benzene rings is 1. The molecule has 1 aliphatic rings. The van der Waals surface area contributed by atoms with Gasteiger partial charge in [0.05, 0.1) is 11.7 Å². The lowest BCUT2D eigenvalue weighted by Crippen LogP contribution is -1.99. The van der Waals surface area contributed by atoms with E-state index in [1.807, 2.05) is 29.1 Å². The molecule has 1 aromatic carbocycles. The Morgan fingerprint density at radius 2 is 2.15 bits per heavy atom. The standard InChI is InChI=1S/C13H12N6S/c14-12-10-5-6-15-7-8(10)1-4-11(12)20-13-16-17-18-19(13)9-2-3-9/h1,4-7,9H,2-3,14H2. The Hall–Kier alpha value is -2.15. The van der Waals surface area contributed by atoms with Gasteiger partial charge in [0.2, 0.25) is 5.16 Å². The van der Waals surface area contributed by atoms with Gasteiger partial charge in [-0.2, -0.15) is 0 Å². The van der Waals surface area contributed by atoms with E-state index < -0.39 is 0 Å². The maximum Gasteiger partial charge on any atom is 0.214 e. The van der Waals surface area contributed by atoms with Crippen LogP contribution in [0, 0.1) is 0 Å². The van der Waals surface area contributed by atoms with Gasteiger partial charge in [-0.05, 0) is 47.2 Å². The molecule has 7 heteroatoms. The van der Waals surface area contributed by atoms with Crippen molar-refractivity contribution < 1.29 is 0 Å². The van der Waals surface area contributed by atoms with Gasteiger partial charge in [0.15, 0.2) is 0 Å². The fraction of sp³-hybridized carbons (Fsp3) is 0.231. The fourth-order valence-electron chi connectivity index (χ4n) is 2.16. The third-order valence-electron chi connectivity index (χ3n) is 3.38. The highest BCUT2D eigenvalue weighted by Crippen LogP contribution is 2.40. The molecule has 2 heterocycles. The van der Waals surface area contributed by atoms with Crippen LogP contribution >= 0.6 is 11.8 Å². The molecule has 0 bridgehead atoms. The van der Waals surface area contributed by atoms with Crippen molar-refractivity contribution in [1.29, 1.82) is 0 Å². The van der Waals surface area contributed by atoms with Gasteiger partial charge in [-0.3, -0.25) is 4.98 Å². The number of nitrogens with zero attached hydrogens (tertiary/aromatic N) is 5. The van der Waals surface area contributed by atoms with Crippen LogP contribution in [0.3, 0.4) is 0 Å². The summed E-state index contributed by atoms with van der Waals surface area (Å²) in [5, 5.41) is 14.8. The van der Waals surface area contributed by atoms with Crippen LogP contribution in [-0.4, -0.2) is 25.2 Å². The van der Waals surface area contributed by atoms with Crippen LogP contribution in [0.4, 0.5) is 5.69 Å². The second-order valence-electron chi connectivity index (χ2n) is 4.81. The molecule has 0 spiro atoms. The Morgan fingerprint density at radius 3 is 3.00 bits per heavy atom. The fourth-order valence-corrected chi connectivity index (χ4v) is 3.07. The zero-order chi connectivity index (χ0) is 13.5. The maximum absolute atomic E-state index is 6.25. The van der Waals surface area contributed by atoms with Gasteiger partial charge < -0.3 is 5.73 Å². The Balaban J connectivity index is 1.75. The Kier molecular flexibility index (Phi) is 2.59. The maximum atomic E-state index is 6.25. The Bertz CT molecular complexity index is 779. The number of fused-ring (bicyclic) bond motifs is 1. The second-order valence-corrected chi connectivity index (χ2v) is 5.82. The molecule has 0 saturated heterocycles. The first-order valence-corrected chi connectivity index (χ1v) is 7.22. The molecule has 0 unspecified atom stereocenters. The van der Waals surface area contributed by atoms with Crippen molar-refractivity contribution >= 4 is 28.2 Å². The minimum atomic E-state index is 0.457. The summed E-state index contributed by atoms with van der Waals surface area (Å²) in [6, 6.07) is 6.40. The first-order valence-electron chi connectivity index (χ1n) is 6.41. The lowest BCUT2D eigenvalue weighted by Gasteiger charge is -2.08. The first-order chi connectivity index (χ1) is 9.83. The molecule has 100 valence electrons. The largest absolute Gasteiger partial charge is 0.397 e. The molecule has 2 N–H and O–H groups in total. The van der Waals surface area contributed by atoms with Gasteiger partial charge in [-0.25, -0.2) is 4.68 Å². The highest BCUT2D eigenvalue weighted by atomic mass is 32.2. The van der Waals surface area contributed by atoms with Crippen molar-refractivity contribution in [2.75, 3.05) is 5.73 Å². The van der Waals surface area contributed by atoms with E-state index in [0.29, 0.717) is 6.04 Å². The molecule has 3 aromatic rings. The van der Waals surface area contributed by atoms with Crippen LogP contribution in [0.25, 0.3) is 10.8 Å². The average molecular weight is 284 g/mol. The summed E-state index contributed by atoms with van der Waals surface area (Å²) in [5.41, 5.74) is 7.00. The van der Waals surface area contributed by atoms with Gasteiger partial charge in [-0.1, -0.05) is 6.07 Å². The molecule has 4 rings (SSSR count). The summed E-state index contributed by atoms with van der Waals surface area (Å²) < 4.78 is 1.89. The topological polar surface area (TPSA) is 82.5 Å². The first kappa shape index (κ1) is 11.7. The predicted octanol–water partition coefficient (Wildman–Crippen LogP) is 2.29. The number of aromatic nitrogens is 5. The summed E-state index contributed by atoms with van der Waals surface area (Å²) in [4.78, 5) is 5.08. The minimum Gasteiger partial charge on any atom is -0.397 e. The van der Waals surface area contributed by atoms with Crippen molar-refractivity contribution in [1.82, 2.24) is 25.2 Å². The molecule has 1 saturated carbocycles. The van der Waals surface area contributed by atoms with Crippen molar-refractivity contribution in [2.45, 2.75) is 28.9 Å². The third-order valence-corrected chi connectivity index (χ3v) is 4.41. The Morgan fingerprint density at radius 1 is 1.25 bits per heavy atom. The van der Waals surface area contributed by atoms with Crippen molar-refractivity contribution in [2.24, 2.45) is 0 Å². The zero-order valence-corrected chi connectivity index (χ0v) is 11.4. The van der Waals surface area contributed by atoms with Crippen LogP contribution in [0.5, 0.6) is 0 Å². The highest BCUT2D eigenvalue weighted by molar-refractivity contribution is 7.99. The molecule has 6 nitrogen and oxygen atoms in total. The van der Waals surface area contributed by atoms with Crippen molar-refractivity contribution in [3.8, 4) is 0 Å². The predicted molar refractivity (Wildman–Crippen MR) is 76.4 cm³/mol. The number of hydrogen-bond donors (Lipinski definition) is 1. The minimum absolute atomic E-state index is 0.457. The van der Waals surface area contributed by atoms with Crippen molar-refractivity contribution in [3.63, 3.8) is 0 Å². The van der Waals surface area contributed by atoms with E-state index in [1.54, 1.807) is 6.20 Å². The molecule has 20 heavy (non-hydrogen) atoms. The summed E-state index contributed by atoms with van der Waals surface area (Å²) >= 11 is 1.51. The van der Waals surface area contributed by atoms with Gasteiger partial charge in [0.1, 0.15) is 0 Å². The van der Waals surface area contributed by atoms with E-state index in [4.69, 9.17) is 5.73 Å². The van der Waals surface area contributed by atoms with E-state index in [9.17, 15) is 0 Å². The van der Waals surface area contributed by atoms with Crippen molar-refractivity contribution in [3.05, 3.63) is 30.6 Å². The van der Waals surface area contributed by atoms with Gasteiger partial charge >= 0.3 is 0 Å². The molecule has 1 aliphatic carbocycles. The molecule has 0 aliphatic heterocycles. The van der Waals surface area contributed by atoms with Gasteiger partial charge in [-0.15, -0.1) is 5.10 Å². The third kappa shape index (κ3) is 1.90. The summed E-state index contributed by atoms with van der Waals surface area (Å²) in [5.74, 6) is 0. The van der Waals surface area contributed by atoms with Gasteiger partial charge in [0.25, 0.3) is 0 Å². The number of anilines is 1. The van der Waals surface area contributed by atoms with Crippen LogP contribution in [0.15, 0.2) is 40.6 Å². The van der Waals surface area contributed by atoms with Crippen LogP contribution in [0.2, 0.25) is 0 Å². The van der Waals surface area contributed by atoms with E-state index in [0.717, 1.165) is 39.4 Å².